The normalized spacial score (nSPS) is 33.2. The quantitative estimate of drug-likeness (QED) is 0.844. The van der Waals surface area contributed by atoms with E-state index < -0.39 is 11.6 Å². The number of hydrogen-bond donors (Lipinski definition) is 1. The van der Waals surface area contributed by atoms with Crippen LogP contribution in [0, 0.1) is 5.41 Å². The van der Waals surface area contributed by atoms with Crippen molar-refractivity contribution in [3.05, 3.63) is 0 Å². The molecule has 21 heavy (non-hydrogen) atoms. The van der Waals surface area contributed by atoms with E-state index in [1.165, 1.54) is 0 Å². The van der Waals surface area contributed by atoms with E-state index in [-0.39, 0.29) is 29.4 Å². The molecule has 3 unspecified atom stereocenters. The Morgan fingerprint density at radius 1 is 1.29 bits per heavy atom. The Bertz CT molecular complexity index is 439. The van der Waals surface area contributed by atoms with Crippen LogP contribution < -0.4 is 5.32 Å². The number of hydrogen-bond acceptors (Lipinski definition) is 3. The first-order valence-corrected chi connectivity index (χ1v) is 7.81. The third-order valence-electron chi connectivity index (χ3n) is 4.33. The fourth-order valence-electron chi connectivity index (χ4n) is 3.34. The number of rotatable bonds is 2. The molecule has 5 heteroatoms. The predicted molar refractivity (Wildman–Crippen MR) is 80.7 cm³/mol. The van der Waals surface area contributed by atoms with Crippen molar-refractivity contribution in [2.24, 2.45) is 5.41 Å². The summed E-state index contributed by atoms with van der Waals surface area (Å²) in [5.74, 6) is -0.0941. The number of nitrogens with one attached hydrogen (secondary N) is 1. The second-order valence-electron chi connectivity index (χ2n) is 7.99. The molecule has 2 aliphatic heterocycles. The smallest absolute Gasteiger partial charge is 0.248 e. The molecular weight excluding hydrogens is 268 g/mol. The summed E-state index contributed by atoms with van der Waals surface area (Å²) in [5, 5.41) is 2.85. The van der Waals surface area contributed by atoms with Crippen molar-refractivity contribution in [1.29, 1.82) is 0 Å². The van der Waals surface area contributed by atoms with Crippen LogP contribution in [0.1, 0.15) is 54.4 Å². The van der Waals surface area contributed by atoms with Gasteiger partial charge in [0.05, 0.1) is 12.2 Å². The van der Waals surface area contributed by atoms with Gasteiger partial charge in [-0.2, -0.15) is 0 Å². The molecule has 120 valence electrons. The van der Waals surface area contributed by atoms with Gasteiger partial charge in [-0.3, -0.25) is 9.59 Å². The molecule has 2 rings (SSSR count). The maximum Gasteiger partial charge on any atom is 0.248 e. The van der Waals surface area contributed by atoms with Gasteiger partial charge in [0.2, 0.25) is 11.8 Å². The highest BCUT2D eigenvalue weighted by atomic mass is 16.5. The van der Waals surface area contributed by atoms with Crippen molar-refractivity contribution in [3.63, 3.8) is 0 Å². The van der Waals surface area contributed by atoms with Crippen molar-refractivity contribution in [2.45, 2.75) is 78.2 Å². The van der Waals surface area contributed by atoms with Crippen molar-refractivity contribution in [2.75, 3.05) is 6.54 Å². The van der Waals surface area contributed by atoms with E-state index >= 15 is 0 Å². The lowest BCUT2D eigenvalue weighted by atomic mass is 9.81. The van der Waals surface area contributed by atoms with E-state index in [4.69, 9.17) is 4.74 Å². The molecule has 0 aromatic carbocycles. The molecule has 2 heterocycles. The summed E-state index contributed by atoms with van der Waals surface area (Å²) in [5.41, 5.74) is -1.15. The molecular formula is C16H28N2O3. The number of piperazine rings is 1. The Morgan fingerprint density at radius 2 is 1.90 bits per heavy atom. The van der Waals surface area contributed by atoms with Crippen LogP contribution in [-0.2, 0) is 14.3 Å². The van der Waals surface area contributed by atoms with E-state index in [0.717, 1.165) is 12.8 Å². The molecule has 0 radical (unpaired) electrons. The van der Waals surface area contributed by atoms with Gasteiger partial charge in [-0.15, -0.1) is 0 Å². The Morgan fingerprint density at radius 3 is 2.38 bits per heavy atom. The largest absolute Gasteiger partial charge is 0.373 e. The standard InChI is InChI=1S/C16H28N2O3/c1-10-7-8-11(21-10)9-18-12(15(2,3)4)13(19)17-16(5,6)14(18)20/h10-12H,7-9H2,1-6H3,(H,17,19). The highest BCUT2D eigenvalue weighted by Gasteiger charge is 2.50. The zero-order chi connectivity index (χ0) is 16.0. The molecule has 2 fully saturated rings. The number of carbonyl (C=O) groups is 2. The lowest BCUT2D eigenvalue weighted by Crippen LogP contribution is -2.71. The van der Waals surface area contributed by atoms with Gasteiger partial charge in [0, 0.05) is 6.54 Å². The molecule has 0 aromatic rings. The van der Waals surface area contributed by atoms with Gasteiger partial charge in [-0.1, -0.05) is 20.8 Å². The number of ether oxygens (including phenoxy) is 1. The summed E-state index contributed by atoms with van der Waals surface area (Å²) in [6, 6.07) is -0.447. The Labute approximate surface area is 127 Å². The zero-order valence-electron chi connectivity index (χ0n) is 14.0. The second-order valence-corrected chi connectivity index (χ2v) is 7.99. The average Bonchev–Trinajstić information content (AvgIpc) is 2.69. The van der Waals surface area contributed by atoms with Crippen LogP contribution in [0.4, 0.5) is 0 Å². The summed E-state index contributed by atoms with van der Waals surface area (Å²) in [4.78, 5) is 27.0. The predicted octanol–water partition coefficient (Wildman–Crippen LogP) is 1.71. The van der Waals surface area contributed by atoms with Crippen LogP contribution in [0.5, 0.6) is 0 Å². The van der Waals surface area contributed by atoms with E-state index in [1.807, 2.05) is 20.8 Å². The fourth-order valence-corrected chi connectivity index (χ4v) is 3.34. The highest BCUT2D eigenvalue weighted by Crippen LogP contribution is 2.32. The second kappa shape index (κ2) is 5.27. The maximum atomic E-state index is 12.8. The monoisotopic (exact) mass is 296 g/mol. The summed E-state index contributed by atoms with van der Waals surface area (Å²) in [6.45, 7) is 12.1. The molecule has 2 amide bonds. The molecule has 2 saturated heterocycles. The summed E-state index contributed by atoms with van der Waals surface area (Å²) >= 11 is 0. The minimum atomic E-state index is -0.844. The van der Waals surface area contributed by atoms with Crippen LogP contribution in [0.25, 0.3) is 0 Å². The number of carbonyl (C=O) groups excluding carboxylic acids is 2. The summed E-state index contributed by atoms with van der Waals surface area (Å²) in [6.07, 6.45) is 2.24. The minimum absolute atomic E-state index is 0.0230. The fraction of sp³-hybridized carbons (Fsp3) is 0.875. The van der Waals surface area contributed by atoms with Crippen LogP contribution >= 0.6 is 0 Å². The van der Waals surface area contributed by atoms with Gasteiger partial charge in [-0.25, -0.2) is 0 Å². The van der Waals surface area contributed by atoms with E-state index in [9.17, 15) is 9.59 Å². The minimum Gasteiger partial charge on any atom is -0.373 e. The van der Waals surface area contributed by atoms with Crippen LogP contribution in [0.15, 0.2) is 0 Å². The average molecular weight is 296 g/mol. The first-order chi connectivity index (χ1) is 9.52. The van der Waals surface area contributed by atoms with E-state index in [2.05, 4.69) is 12.2 Å². The molecule has 3 atom stereocenters. The Kier molecular flexibility index (Phi) is 4.08. The summed E-state index contributed by atoms with van der Waals surface area (Å²) < 4.78 is 5.85. The Hall–Kier alpha value is -1.10. The van der Waals surface area contributed by atoms with Crippen molar-refractivity contribution < 1.29 is 14.3 Å². The van der Waals surface area contributed by atoms with Crippen molar-refractivity contribution >= 4 is 11.8 Å². The zero-order valence-corrected chi connectivity index (χ0v) is 14.0. The molecule has 0 aromatic heterocycles. The van der Waals surface area contributed by atoms with E-state index in [1.54, 1.807) is 18.7 Å². The molecule has 0 spiro atoms. The van der Waals surface area contributed by atoms with Gasteiger partial charge in [0.15, 0.2) is 0 Å². The first-order valence-electron chi connectivity index (χ1n) is 7.81. The molecule has 2 aliphatic rings. The topological polar surface area (TPSA) is 58.6 Å². The Balaban J connectivity index is 2.25. The van der Waals surface area contributed by atoms with Gasteiger partial charge in [-0.05, 0) is 39.0 Å². The van der Waals surface area contributed by atoms with Gasteiger partial charge in [0.1, 0.15) is 11.6 Å². The third-order valence-corrected chi connectivity index (χ3v) is 4.33. The molecule has 5 nitrogen and oxygen atoms in total. The molecule has 1 N–H and O–H groups in total. The van der Waals surface area contributed by atoms with Gasteiger partial charge in [0.25, 0.3) is 0 Å². The molecule has 0 saturated carbocycles. The molecule has 0 aliphatic carbocycles. The van der Waals surface area contributed by atoms with Crippen molar-refractivity contribution in [3.8, 4) is 0 Å². The third kappa shape index (κ3) is 3.23. The van der Waals surface area contributed by atoms with Gasteiger partial charge >= 0.3 is 0 Å². The lowest BCUT2D eigenvalue weighted by molar-refractivity contribution is -0.160. The maximum absolute atomic E-state index is 12.8. The lowest BCUT2D eigenvalue weighted by Gasteiger charge is -2.48. The summed E-state index contributed by atoms with van der Waals surface area (Å²) in [7, 11) is 0. The van der Waals surface area contributed by atoms with Crippen LogP contribution in [0.2, 0.25) is 0 Å². The van der Waals surface area contributed by atoms with Crippen molar-refractivity contribution in [1.82, 2.24) is 10.2 Å². The van der Waals surface area contributed by atoms with Gasteiger partial charge < -0.3 is 15.0 Å². The SMILES string of the molecule is CC1CCC(CN2C(=O)C(C)(C)NC(=O)C2C(C)(C)C)O1. The molecule has 0 bridgehead atoms. The highest BCUT2D eigenvalue weighted by molar-refractivity contribution is 5.99. The van der Waals surface area contributed by atoms with E-state index in [0.29, 0.717) is 6.54 Å². The van der Waals surface area contributed by atoms with Crippen LogP contribution in [0.3, 0.4) is 0 Å². The number of amides is 2. The first kappa shape index (κ1) is 16.3. The number of nitrogens with zero attached hydrogens (tertiary/aromatic N) is 1. The van der Waals surface area contributed by atoms with Crippen LogP contribution in [-0.4, -0.2) is 47.0 Å².